The zero-order valence-electron chi connectivity index (χ0n) is 15.3. The van der Waals surface area contributed by atoms with E-state index in [2.05, 4.69) is 37.9 Å². The number of nitrogens with one attached hydrogen (secondary N) is 1. The third-order valence-corrected chi connectivity index (χ3v) is 3.82. The first kappa shape index (κ1) is 19.8. The Labute approximate surface area is 146 Å². The quantitative estimate of drug-likeness (QED) is 0.530. The van der Waals surface area contributed by atoms with Crippen molar-refractivity contribution in [1.29, 1.82) is 5.26 Å². The molecule has 0 aliphatic heterocycles. The van der Waals surface area contributed by atoms with E-state index >= 15 is 0 Å². The first-order chi connectivity index (χ1) is 11.5. The first-order valence-electron chi connectivity index (χ1n) is 8.79. The number of carbonyl (C=O) groups excluding carboxylic acids is 1. The van der Waals surface area contributed by atoms with Crippen molar-refractivity contribution in [3.8, 4) is 6.07 Å². The number of carbonyl (C=O) groups is 1. The fraction of sp³-hybridized carbons (Fsp3) is 0.500. The van der Waals surface area contributed by atoms with Crippen LogP contribution >= 0.6 is 0 Å². The second-order valence-corrected chi connectivity index (χ2v) is 6.27. The molecule has 0 unspecified atom stereocenters. The maximum atomic E-state index is 12.3. The molecule has 1 aromatic carbocycles. The molecular formula is C20H29N3O. The van der Waals surface area contributed by atoms with Crippen LogP contribution in [0.3, 0.4) is 0 Å². The molecule has 24 heavy (non-hydrogen) atoms. The minimum absolute atomic E-state index is 0.146. The van der Waals surface area contributed by atoms with E-state index in [4.69, 9.17) is 0 Å². The van der Waals surface area contributed by atoms with Crippen molar-refractivity contribution in [3.63, 3.8) is 0 Å². The molecule has 1 rings (SSSR count). The van der Waals surface area contributed by atoms with E-state index in [1.165, 1.54) is 5.56 Å². The number of nitrogens with zero attached hydrogens (tertiary/aromatic N) is 2. The molecule has 0 radical (unpaired) electrons. The van der Waals surface area contributed by atoms with E-state index in [1.54, 1.807) is 6.20 Å². The van der Waals surface area contributed by atoms with Crippen LogP contribution in [-0.2, 0) is 4.79 Å². The second kappa shape index (κ2) is 10.5. The van der Waals surface area contributed by atoms with Crippen molar-refractivity contribution in [2.45, 2.75) is 52.9 Å². The van der Waals surface area contributed by atoms with Gasteiger partial charge in [0.05, 0.1) is 0 Å². The lowest BCUT2D eigenvalue weighted by Gasteiger charge is -2.19. The topological polar surface area (TPSA) is 56.1 Å². The number of unbranched alkanes of at least 4 members (excludes halogenated alkanes) is 1. The molecule has 1 N–H and O–H groups in total. The van der Waals surface area contributed by atoms with Crippen molar-refractivity contribution < 1.29 is 4.79 Å². The Morgan fingerprint density at radius 3 is 2.38 bits per heavy atom. The maximum absolute atomic E-state index is 12.3. The number of nitriles is 1. The summed E-state index contributed by atoms with van der Waals surface area (Å²) in [7, 11) is 0. The third kappa shape index (κ3) is 6.45. The molecule has 0 aliphatic rings. The molecule has 4 heteroatoms. The number of rotatable bonds is 9. The average molecular weight is 327 g/mol. The number of hydrogen-bond donors (Lipinski definition) is 1. The van der Waals surface area contributed by atoms with Crippen LogP contribution in [0.15, 0.2) is 36.0 Å². The molecule has 130 valence electrons. The van der Waals surface area contributed by atoms with E-state index in [-0.39, 0.29) is 11.5 Å². The fourth-order valence-corrected chi connectivity index (χ4v) is 2.36. The molecule has 0 aromatic heterocycles. The Balaban J connectivity index is 2.80. The number of benzene rings is 1. The summed E-state index contributed by atoms with van der Waals surface area (Å²) in [4.78, 5) is 14.4. The molecule has 0 fully saturated rings. The molecule has 0 atom stereocenters. The van der Waals surface area contributed by atoms with Gasteiger partial charge in [-0.15, -0.1) is 0 Å². The summed E-state index contributed by atoms with van der Waals surface area (Å²) >= 11 is 0. The van der Waals surface area contributed by atoms with Gasteiger partial charge in [-0.3, -0.25) is 4.79 Å². The molecule has 0 bridgehead atoms. The molecule has 0 saturated heterocycles. The Morgan fingerprint density at radius 1 is 1.21 bits per heavy atom. The number of anilines is 1. The van der Waals surface area contributed by atoms with Gasteiger partial charge in [-0.1, -0.05) is 46.2 Å². The lowest BCUT2D eigenvalue weighted by Crippen LogP contribution is -2.23. The van der Waals surface area contributed by atoms with Crippen molar-refractivity contribution in [2.24, 2.45) is 0 Å². The van der Waals surface area contributed by atoms with Crippen LogP contribution < -0.4 is 5.32 Å². The Hall–Kier alpha value is -2.28. The highest BCUT2D eigenvalue weighted by atomic mass is 16.1. The summed E-state index contributed by atoms with van der Waals surface area (Å²) in [5, 5.41) is 12.1. The molecule has 4 nitrogen and oxygen atoms in total. The minimum Gasteiger partial charge on any atom is -0.376 e. The highest BCUT2D eigenvalue weighted by Crippen LogP contribution is 2.17. The van der Waals surface area contributed by atoms with Gasteiger partial charge in [-0.25, -0.2) is 0 Å². The molecule has 1 aromatic rings. The predicted molar refractivity (Wildman–Crippen MR) is 99.6 cm³/mol. The fourth-order valence-electron chi connectivity index (χ4n) is 2.36. The highest BCUT2D eigenvalue weighted by molar-refractivity contribution is 6.06. The first-order valence-corrected chi connectivity index (χ1v) is 8.79. The van der Waals surface area contributed by atoms with Gasteiger partial charge in [-0.2, -0.15) is 5.26 Å². The largest absolute Gasteiger partial charge is 0.376 e. The normalized spacial score (nSPS) is 11.2. The van der Waals surface area contributed by atoms with Crippen LogP contribution in [0.4, 0.5) is 5.69 Å². The lowest BCUT2D eigenvalue weighted by atomic mass is 10.0. The lowest BCUT2D eigenvalue weighted by molar-refractivity contribution is -0.112. The van der Waals surface area contributed by atoms with E-state index in [9.17, 15) is 10.1 Å². The maximum Gasteiger partial charge on any atom is 0.267 e. The van der Waals surface area contributed by atoms with Gasteiger partial charge in [0.15, 0.2) is 0 Å². The Kier molecular flexibility index (Phi) is 8.64. The van der Waals surface area contributed by atoms with Crippen molar-refractivity contribution in [3.05, 3.63) is 41.6 Å². The number of hydrogen-bond acceptors (Lipinski definition) is 3. The molecule has 0 aliphatic carbocycles. The van der Waals surface area contributed by atoms with E-state index < -0.39 is 0 Å². The van der Waals surface area contributed by atoms with Crippen LogP contribution in [0, 0.1) is 11.3 Å². The summed E-state index contributed by atoms with van der Waals surface area (Å²) in [6.07, 6.45) is 4.81. The molecule has 1 amide bonds. The summed E-state index contributed by atoms with van der Waals surface area (Å²) in [6, 6.07) is 9.78. The van der Waals surface area contributed by atoms with E-state index in [1.807, 2.05) is 30.3 Å². The minimum atomic E-state index is -0.354. The monoisotopic (exact) mass is 327 g/mol. The van der Waals surface area contributed by atoms with Gasteiger partial charge in [0.2, 0.25) is 0 Å². The van der Waals surface area contributed by atoms with E-state index in [0.29, 0.717) is 11.6 Å². The van der Waals surface area contributed by atoms with Gasteiger partial charge in [0.1, 0.15) is 11.6 Å². The van der Waals surface area contributed by atoms with Crippen LogP contribution in [0.5, 0.6) is 0 Å². The van der Waals surface area contributed by atoms with Crippen LogP contribution in [0.25, 0.3) is 0 Å². The molecule has 0 saturated carbocycles. The standard InChI is InChI=1S/C20H29N3O/c1-5-7-13-23(12-6-2)15-18(14-21)20(24)22-19-10-8-17(9-11-19)16(3)4/h8-11,15-16H,5-7,12-13H2,1-4H3,(H,22,24)/b18-15-. The zero-order chi connectivity index (χ0) is 17.9. The molecule has 0 spiro atoms. The average Bonchev–Trinajstić information content (AvgIpc) is 2.57. The Bertz CT molecular complexity index is 582. The van der Waals surface area contributed by atoms with Crippen molar-refractivity contribution in [2.75, 3.05) is 18.4 Å². The zero-order valence-corrected chi connectivity index (χ0v) is 15.3. The Morgan fingerprint density at radius 2 is 1.88 bits per heavy atom. The van der Waals surface area contributed by atoms with Crippen molar-refractivity contribution >= 4 is 11.6 Å². The van der Waals surface area contributed by atoms with Crippen LogP contribution in [-0.4, -0.2) is 23.9 Å². The molecular weight excluding hydrogens is 298 g/mol. The summed E-state index contributed by atoms with van der Waals surface area (Å²) in [6.45, 7) is 10.2. The summed E-state index contributed by atoms with van der Waals surface area (Å²) in [5.74, 6) is 0.0953. The van der Waals surface area contributed by atoms with Gasteiger partial charge >= 0.3 is 0 Å². The van der Waals surface area contributed by atoms with Gasteiger partial charge in [0, 0.05) is 25.0 Å². The van der Waals surface area contributed by atoms with Crippen LogP contribution in [0.2, 0.25) is 0 Å². The van der Waals surface area contributed by atoms with Gasteiger partial charge in [-0.05, 0) is 36.5 Å². The second-order valence-electron chi connectivity index (χ2n) is 6.27. The number of amides is 1. The SMILES string of the molecule is CCCCN(/C=C(/C#N)C(=O)Nc1ccc(C(C)C)cc1)CCC. The summed E-state index contributed by atoms with van der Waals surface area (Å²) in [5.41, 5.74) is 2.08. The van der Waals surface area contributed by atoms with Crippen LogP contribution in [0.1, 0.15) is 58.4 Å². The van der Waals surface area contributed by atoms with E-state index in [0.717, 1.165) is 32.4 Å². The summed E-state index contributed by atoms with van der Waals surface area (Å²) < 4.78 is 0. The highest BCUT2D eigenvalue weighted by Gasteiger charge is 2.11. The molecule has 0 heterocycles. The van der Waals surface area contributed by atoms with Gasteiger partial charge in [0.25, 0.3) is 5.91 Å². The van der Waals surface area contributed by atoms with Gasteiger partial charge < -0.3 is 10.2 Å². The smallest absolute Gasteiger partial charge is 0.267 e. The third-order valence-electron chi connectivity index (χ3n) is 3.82. The predicted octanol–water partition coefficient (Wildman–Crippen LogP) is 4.67. The van der Waals surface area contributed by atoms with Crippen molar-refractivity contribution in [1.82, 2.24) is 4.90 Å².